The zero-order chi connectivity index (χ0) is 35.1. The highest BCUT2D eigenvalue weighted by molar-refractivity contribution is 7.25. The molecule has 53 heavy (non-hydrogen) atoms. The average molecular weight is 693 g/mol. The lowest BCUT2D eigenvalue weighted by Gasteiger charge is -2.14. The first-order valence-electron chi connectivity index (χ1n) is 17.9. The first-order valence-corrected chi connectivity index (χ1v) is 18.7. The zero-order valence-electron chi connectivity index (χ0n) is 28.8. The lowest BCUT2D eigenvalue weighted by molar-refractivity contribution is 1.18. The Balaban J connectivity index is 1.19. The van der Waals surface area contributed by atoms with Crippen molar-refractivity contribution in [2.45, 2.75) is 0 Å². The Hall–Kier alpha value is -6.68. The number of thiophene rings is 1. The van der Waals surface area contributed by atoms with Crippen molar-refractivity contribution in [2.75, 3.05) is 0 Å². The average Bonchev–Trinajstić information content (AvgIpc) is 3.63. The first kappa shape index (κ1) is 31.1. The van der Waals surface area contributed by atoms with E-state index in [1.807, 2.05) is 11.3 Å². The van der Waals surface area contributed by atoms with Crippen LogP contribution in [0.25, 0.3) is 98.2 Å². The largest absolute Gasteiger partial charge is 0.228 e. The maximum Gasteiger partial charge on any atom is 0.160 e. The van der Waals surface area contributed by atoms with Gasteiger partial charge in [0.05, 0.1) is 11.4 Å². The molecule has 0 amide bonds. The predicted octanol–water partition coefficient (Wildman–Crippen LogP) is 14.0. The van der Waals surface area contributed by atoms with E-state index >= 15 is 0 Å². The Morgan fingerprint density at radius 2 is 0.887 bits per heavy atom. The molecule has 0 fully saturated rings. The van der Waals surface area contributed by atoms with Gasteiger partial charge in [0.1, 0.15) is 0 Å². The number of aromatic nitrogens is 2. The highest BCUT2D eigenvalue weighted by Crippen LogP contribution is 2.42. The fourth-order valence-corrected chi connectivity index (χ4v) is 8.54. The Labute approximate surface area is 312 Å². The van der Waals surface area contributed by atoms with Crippen molar-refractivity contribution in [3.05, 3.63) is 194 Å². The van der Waals surface area contributed by atoms with Crippen LogP contribution in [0.2, 0.25) is 0 Å². The summed E-state index contributed by atoms with van der Waals surface area (Å²) in [4.78, 5) is 10.6. The molecule has 0 atom stereocenters. The highest BCUT2D eigenvalue weighted by Gasteiger charge is 2.16. The highest BCUT2D eigenvalue weighted by atomic mass is 32.1. The van der Waals surface area contributed by atoms with Crippen LogP contribution < -0.4 is 0 Å². The van der Waals surface area contributed by atoms with Crippen LogP contribution in [0.15, 0.2) is 194 Å². The fraction of sp³-hybridized carbons (Fsp3) is 0. The minimum Gasteiger partial charge on any atom is -0.228 e. The molecule has 0 N–H and O–H groups in total. The summed E-state index contributed by atoms with van der Waals surface area (Å²) in [5.74, 6) is 0.702. The molecule has 0 spiro atoms. The molecule has 8 aromatic carbocycles. The minimum absolute atomic E-state index is 0.702. The van der Waals surface area contributed by atoms with Gasteiger partial charge in [0, 0.05) is 36.9 Å². The first-order chi connectivity index (χ1) is 26.2. The molecule has 0 saturated carbocycles. The van der Waals surface area contributed by atoms with Gasteiger partial charge in [-0.2, -0.15) is 0 Å². The topological polar surface area (TPSA) is 25.8 Å². The molecule has 2 nitrogen and oxygen atoms in total. The van der Waals surface area contributed by atoms with Gasteiger partial charge in [0.2, 0.25) is 0 Å². The molecule has 0 saturated heterocycles. The molecule has 0 aliphatic rings. The monoisotopic (exact) mass is 692 g/mol. The van der Waals surface area contributed by atoms with E-state index in [-0.39, 0.29) is 0 Å². The maximum atomic E-state index is 5.33. The van der Waals surface area contributed by atoms with Crippen molar-refractivity contribution in [1.29, 1.82) is 0 Å². The van der Waals surface area contributed by atoms with E-state index < -0.39 is 0 Å². The number of rotatable bonds is 6. The fourth-order valence-electron chi connectivity index (χ4n) is 7.41. The number of hydrogen-bond acceptors (Lipinski definition) is 3. The van der Waals surface area contributed by atoms with Crippen LogP contribution in [-0.2, 0) is 0 Å². The summed E-state index contributed by atoms with van der Waals surface area (Å²) in [6.07, 6.45) is 0. The lowest BCUT2D eigenvalue weighted by Crippen LogP contribution is -1.97. The number of fused-ring (bicyclic) bond motifs is 4. The van der Waals surface area contributed by atoms with Crippen molar-refractivity contribution in [3.8, 4) is 67.3 Å². The summed E-state index contributed by atoms with van der Waals surface area (Å²) in [6.45, 7) is 0. The van der Waals surface area contributed by atoms with Gasteiger partial charge in [-0.3, -0.25) is 0 Å². The quantitative estimate of drug-likeness (QED) is 0.173. The van der Waals surface area contributed by atoms with Crippen LogP contribution >= 0.6 is 11.3 Å². The molecular formula is C50H32N2S. The standard InChI is InChI=1S/C50H32N2S/c1-3-12-33(13-4-1)36-22-25-37(26-23-36)45-32-46(52-50(51-45)39-27-24-35-16-7-8-17-38(35)28-39)42-30-40(34-14-5-2-6-15-34)29-41(31-42)43-19-11-21-48-49(43)44-18-9-10-20-47(44)53-48/h1-32H. The van der Waals surface area contributed by atoms with E-state index in [1.54, 1.807) is 0 Å². The van der Waals surface area contributed by atoms with Gasteiger partial charge < -0.3 is 0 Å². The van der Waals surface area contributed by atoms with Crippen molar-refractivity contribution in [3.63, 3.8) is 0 Å². The third-order valence-corrected chi connectivity index (χ3v) is 11.2. The summed E-state index contributed by atoms with van der Waals surface area (Å²) in [7, 11) is 0. The second-order valence-corrected chi connectivity index (χ2v) is 14.5. The zero-order valence-corrected chi connectivity index (χ0v) is 29.6. The predicted molar refractivity (Wildman–Crippen MR) is 225 cm³/mol. The summed E-state index contributed by atoms with van der Waals surface area (Å²) < 4.78 is 2.59. The van der Waals surface area contributed by atoms with Gasteiger partial charge >= 0.3 is 0 Å². The molecule has 2 aromatic heterocycles. The molecule has 0 unspecified atom stereocenters. The van der Waals surface area contributed by atoms with Crippen LogP contribution in [0.4, 0.5) is 0 Å². The van der Waals surface area contributed by atoms with Crippen molar-refractivity contribution in [1.82, 2.24) is 9.97 Å². The number of nitrogens with zero attached hydrogens (tertiary/aromatic N) is 2. The normalized spacial score (nSPS) is 11.4. The molecule has 0 bridgehead atoms. The second-order valence-electron chi connectivity index (χ2n) is 13.4. The summed E-state index contributed by atoms with van der Waals surface area (Å²) >= 11 is 1.85. The number of benzene rings is 8. The molecular weight excluding hydrogens is 661 g/mol. The minimum atomic E-state index is 0.702. The van der Waals surface area contributed by atoms with E-state index in [4.69, 9.17) is 9.97 Å². The smallest absolute Gasteiger partial charge is 0.160 e. The molecule has 3 heteroatoms. The Morgan fingerprint density at radius 3 is 1.68 bits per heavy atom. The van der Waals surface area contributed by atoms with Crippen LogP contribution in [0.3, 0.4) is 0 Å². The molecule has 0 radical (unpaired) electrons. The Kier molecular flexibility index (Phi) is 7.71. The van der Waals surface area contributed by atoms with Gasteiger partial charge in [0.15, 0.2) is 5.82 Å². The SMILES string of the molecule is c1ccc(-c2ccc(-c3cc(-c4cc(-c5ccccc5)cc(-c5cccc6sc7ccccc7c56)c4)nc(-c4ccc5ccccc5c4)n3)cc2)cc1. The molecule has 10 rings (SSSR count). The summed E-state index contributed by atoms with van der Waals surface area (Å²) in [6, 6.07) is 69.3. The molecule has 2 heterocycles. The Bertz CT molecular complexity index is 2930. The van der Waals surface area contributed by atoms with E-state index in [0.717, 1.165) is 44.6 Å². The summed E-state index contributed by atoms with van der Waals surface area (Å²) in [5.41, 5.74) is 11.9. The molecule has 0 aliphatic carbocycles. The second kappa shape index (κ2) is 13.1. The van der Waals surface area contributed by atoms with E-state index in [1.165, 1.54) is 47.8 Å². The molecule has 0 aliphatic heterocycles. The van der Waals surface area contributed by atoms with Crippen molar-refractivity contribution < 1.29 is 0 Å². The third kappa shape index (κ3) is 5.87. The van der Waals surface area contributed by atoms with E-state index in [2.05, 4.69) is 194 Å². The van der Waals surface area contributed by atoms with Gasteiger partial charge in [-0.1, -0.05) is 152 Å². The van der Waals surface area contributed by atoms with Gasteiger partial charge in [-0.25, -0.2) is 9.97 Å². The van der Waals surface area contributed by atoms with Gasteiger partial charge in [0.25, 0.3) is 0 Å². The van der Waals surface area contributed by atoms with Crippen LogP contribution in [0.5, 0.6) is 0 Å². The lowest BCUT2D eigenvalue weighted by atomic mass is 9.92. The van der Waals surface area contributed by atoms with Crippen LogP contribution in [-0.4, -0.2) is 9.97 Å². The third-order valence-electron chi connectivity index (χ3n) is 10.1. The molecule has 248 valence electrons. The van der Waals surface area contributed by atoms with E-state index in [0.29, 0.717) is 5.82 Å². The van der Waals surface area contributed by atoms with E-state index in [9.17, 15) is 0 Å². The van der Waals surface area contributed by atoms with Crippen molar-refractivity contribution >= 4 is 42.3 Å². The van der Waals surface area contributed by atoms with Crippen LogP contribution in [0.1, 0.15) is 0 Å². The Morgan fingerprint density at radius 1 is 0.321 bits per heavy atom. The van der Waals surface area contributed by atoms with Crippen LogP contribution in [0, 0.1) is 0 Å². The number of hydrogen-bond donors (Lipinski definition) is 0. The molecule has 10 aromatic rings. The maximum absolute atomic E-state index is 5.33. The van der Waals surface area contributed by atoms with Gasteiger partial charge in [-0.05, 0) is 86.6 Å². The van der Waals surface area contributed by atoms with Gasteiger partial charge in [-0.15, -0.1) is 11.3 Å². The van der Waals surface area contributed by atoms with Crippen molar-refractivity contribution in [2.24, 2.45) is 0 Å². The summed E-state index contributed by atoms with van der Waals surface area (Å²) in [5, 5.41) is 4.94.